The molecule has 0 spiro atoms. The molecule has 3 N–H and O–H groups in total. The highest BCUT2D eigenvalue weighted by molar-refractivity contribution is 5.76. The van der Waals surface area contributed by atoms with Crippen molar-refractivity contribution in [2.45, 2.75) is 51.2 Å². The molecule has 0 aromatic carbocycles. The van der Waals surface area contributed by atoms with Crippen molar-refractivity contribution in [3.63, 3.8) is 0 Å². The maximum Gasteiger partial charge on any atom is 0.221 e. The molecule has 1 heterocycles. The fraction of sp³-hybridized carbons (Fsp3) is 0.923. The molecule has 1 aliphatic rings. The third-order valence-corrected chi connectivity index (χ3v) is 3.09. The standard InChI is InChI=1S/C13H26N2O3/c1-2-11(14)9-13(16)15-6-4-7-17-10-12-5-3-8-18-12/h11-12H,2-10,14H2,1H3,(H,15,16). The fourth-order valence-corrected chi connectivity index (χ4v) is 1.85. The second-order valence-electron chi connectivity index (χ2n) is 4.79. The molecule has 5 nitrogen and oxygen atoms in total. The molecule has 18 heavy (non-hydrogen) atoms. The van der Waals surface area contributed by atoms with E-state index in [-0.39, 0.29) is 18.1 Å². The first kappa shape index (κ1) is 15.4. The molecule has 2 unspecified atom stereocenters. The van der Waals surface area contributed by atoms with Crippen molar-refractivity contribution in [1.82, 2.24) is 5.32 Å². The van der Waals surface area contributed by atoms with Gasteiger partial charge in [-0.05, 0) is 25.7 Å². The van der Waals surface area contributed by atoms with Gasteiger partial charge in [-0.2, -0.15) is 0 Å². The first-order valence-corrected chi connectivity index (χ1v) is 6.94. The van der Waals surface area contributed by atoms with Crippen LogP contribution in [-0.4, -0.2) is 44.4 Å². The van der Waals surface area contributed by atoms with Crippen molar-refractivity contribution >= 4 is 5.91 Å². The quantitative estimate of drug-likeness (QED) is 0.600. The molecule has 0 saturated carbocycles. The molecule has 0 aliphatic carbocycles. The third-order valence-electron chi connectivity index (χ3n) is 3.09. The second-order valence-corrected chi connectivity index (χ2v) is 4.79. The summed E-state index contributed by atoms with van der Waals surface area (Å²) in [5.74, 6) is 0.0310. The molecule has 1 rings (SSSR count). The zero-order valence-electron chi connectivity index (χ0n) is 11.3. The molecule has 0 bridgehead atoms. The highest BCUT2D eigenvalue weighted by atomic mass is 16.5. The van der Waals surface area contributed by atoms with Gasteiger partial charge in [0.2, 0.25) is 5.91 Å². The van der Waals surface area contributed by atoms with Crippen LogP contribution >= 0.6 is 0 Å². The predicted molar refractivity (Wildman–Crippen MR) is 70.3 cm³/mol. The summed E-state index contributed by atoms with van der Waals surface area (Å²) in [7, 11) is 0. The molecule has 106 valence electrons. The Morgan fingerprint density at radius 3 is 3.11 bits per heavy atom. The number of hydrogen-bond acceptors (Lipinski definition) is 4. The van der Waals surface area contributed by atoms with Crippen LogP contribution in [0.1, 0.15) is 39.0 Å². The summed E-state index contributed by atoms with van der Waals surface area (Å²) in [5, 5.41) is 2.85. The van der Waals surface area contributed by atoms with E-state index in [4.69, 9.17) is 15.2 Å². The highest BCUT2D eigenvalue weighted by Gasteiger charge is 2.14. The molecular formula is C13H26N2O3. The Kier molecular flexibility index (Phi) is 7.96. The zero-order valence-corrected chi connectivity index (χ0v) is 11.3. The van der Waals surface area contributed by atoms with Crippen molar-refractivity contribution in [2.24, 2.45) is 5.73 Å². The van der Waals surface area contributed by atoms with Gasteiger partial charge in [0.25, 0.3) is 0 Å². The van der Waals surface area contributed by atoms with E-state index in [2.05, 4.69) is 5.32 Å². The summed E-state index contributed by atoms with van der Waals surface area (Å²) in [6.07, 6.45) is 4.60. The Morgan fingerprint density at radius 1 is 1.61 bits per heavy atom. The lowest BCUT2D eigenvalue weighted by Crippen LogP contribution is -2.32. The normalized spacial score (nSPS) is 20.9. The summed E-state index contributed by atoms with van der Waals surface area (Å²) in [4.78, 5) is 11.4. The van der Waals surface area contributed by atoms with Gasteiger partial charge in [-0.15, -0.1) is 0 Å². The average molecular weight is 258 g/mol. The Balaban J connectivity index is 1.87. The van der Waals surface area contributed by atoms with Gasteiger partial charge in [-0.1, -0.05) is 6.92 Å². The van der Waals surface area contributed by atoms with Gasteiger partial charge >= 0.3 is 0 Å². The number of hydrogen-bond donors (Lipinski definition) is 2. The maximum atomic E-state index is 11.4. The van der Waals surface area contributed by atoms with E-state index in [1.165, 1.54) is 0 Å². The van der Waals surface area contributed by atoms with Crippen molar-refractivity contribution < 1.29 is 14.3 Å². The van der Waals surface area contributed by atoms with Gasteiger partial charge < -0.3 is 20.5 Å². The van der Waals surface area contributed by atoms with E-state index >= 15 is 0 Å². The lowest BCUT2D eigenvalue weighted by molar-refractivity contribution is -0.121. The van der Waals surface area contributed by atoms with Crippen molar-refractivity contribution in [1.29, 1.82) is 0 Å². The van der Waals surface area contributed by atoms with Gasteiger partial charge in [0.15, 0.2) is 0 Å². The first-order chi connectivity index (χ1) is 8.72. The zero-order chi connectivity index (χ0) is 13.2. The van der Waals surface area contributed by atoms with E-state index in [9.17, 15) is 4.79 Å². The molecule has 1 fully saturated rings. The van der Waals surface area contributed by atoms with Crippen LogP contribution in [0.15, 0.2) is 0 Å². The number of amides is 1. The minimum Gasteiger partial charge on any atom is -0.379 e. The lowest BCUT2D eigenvalue weighted by Gasteiger charge is -2.11. The van der Waals surface area contributed by atoms with Crippen LogP contribution < -0.4 is 11.1 Å². The van der Waals surface area contributed by atoms with Crippen molar-refractivity contribution in [2.75, 3.05) is 26.4 Å². The second kappa shape index (κ2) is 9.30. The Labute approximate surface area is 109 Å². The van der Waals surface area contributed by atoms with Crippen LogP contribution in [-0.2, 0) is 14.3 Å². The van der Waals surface area contributed by atoms with E-state index in [1.807, 2.05) is 6.92 Å². The van der Waals surface area contributed by atoms with Gasteiger partial charge in [-0.3, -0.25) is 4.79 Å². The molecule has 5 heteroatoms. The van der Waals surface area contributed by atoms with Crippen LogP contribution in [0.2, 0.25) is 0 Å². The lowest BCUT2D eigenvalue weighted by atomic mass is 10.1. The number of nitrogens with one attached hydrogen (secondary N) is 1. The molecule has 0 aromatic heterocycles. The Bertz CT molecular complexity index is 230. The minimum absolute atomic E-state index is 0.0271. The molecule has 1 aliphatic heterocycles. The molecule has 1 saturated heterocycles. The minimum atomic E-state index is -0.0271. The summed E-state index contributed by atoms with van der Waals surface area (Å²) in [5.41, 5.74) is 5.70. The smallest absolute Gasteiger partial charge is 0.221 e. The number of ether oxygens (including phenoxy) is 2. The summed E-state index contributed by atoms with van der Waals surface area (Å²) >= 11 is 0. The van der Waals surface area contributed by atoms with Crippen LogP contribution in [0.25, 0.3) is 0 Å². The number of rotatable bonds is 9. The topological polar surface area (TPSA) is 73.6 Å². The number of carbonyl (C=O) groups is 1. The monoisotopic (exact) mass is 258 g/mol. The maximum absolute atomic E-state index is 11.4. The van der Waals surface area contributed by atoms with Gasteiger partial charge in [-0.25, -0.2) is 0 Å². The molecule has 0 aromatic rings. The van der Waals surface area contributed by atoms with E-state index in [0.29, 0.717) is 26.2 Å². The largest absolute Gasteiger partial charge is 0.379 e. The summed E-state index contributed by atoms with van der Waals surface area (Å²) in [6, 6.07) is -0.0271. The van der Waals surface area contributed by atoms with Crippen LogP contribution in [0.4, 0.5) is 0 Å². The van der Waals surface area contributed by atoms with Gasteiger partial charge in [0.1, 0.15) is 0 Å². The number of carbonyl (C=O) groups excluding carboxylic acids is 1. The molecule has 2 atom stereocenters. The van der Waals surface area contributed by atoms with E-state index in [0.717, 1.165) is 32.3 Å². The predicted octanol–water partition coefficient (Wildman–Crippen LogP) is 0.816. The van der Waals surface area contributed by atoms with E-state index < -0.39 is 0 Å². The first-order valence-electron chi connectivity index (χ1n) is 6.94. The summed E-state index contributed by atoms with van der Waals surface area (Å²) in [6.45, 7) is 4.84. The summed E-state index contributed by atoms with van der Waals surface area (Å²) < 4.78 is 10.9. The van der Waals surface area contributed by atoms with Crippen molar-refractivity contribution in [3.05, 3.63) is 0 Å². The molecule has 0 radical (unpaired) electrons. The number of nitrogens with two attached hydrogens (primary N) is 1. The third kappa shape index (κ3) is 6.93. The SMILES string of the molecule is CCC(N)CC(=O)NCCCOCC1CCCO1. The average Bonchev–Trinajstić information content (AvgIpc) is 2.86. The van der Waals surface area contributed by atoms with Crippen LogP contribution in [0.3, 0.4) is 0 Å². The highest BCUT2D eigenvalue weighted by Crippen LogP contribution is 2.11. The van der Waals surface area contributed by atoms with Crippen molar-refractivity contribution in [3.8, 4) is 0 Å². The fourth-order valence-electron chi connectivity index (χ4n) is 1.85. The molecular weight excluding hydrogens is 232 g/mol. The Hall–Kier alpha value is -0.650. The molecule has 1 amide bonds. The Morgan fingerprint density at radius 2 is 2.44 bits per heavy atom. The van der Waals surface area contributed by atoms with Crippen LogP contribution in [0.5, 0.6) is 0 Å². The van der Waals surface area contributed by atoms with Gasteiger partial charge in [0, 0.05) is 32.2 Å². The van der Waals surface area contributed by atoms with Gasteiger partial charge in [0.05, 0.1) is 12.7 Å². The van der Waals surface area contributed by atoms with E-state index in [1.54, 1.807) is 0 Å². The van der Waals surface area contributed by atoms with Crippen LogP contribution in [0, 0.1) is 0 Å².